The van der Waals surface area contributed by atoms with E-state index >= 15 is 0 Å². The molecular formula is C32H55N3O4. The Hall–Kier alpha value is -2.57. The van der Waals surface area contributed by atoms with Gasteiger partial charge in [0.2, 0.25) is 11.8 Å². The second kappa shape index (κ2) is 17.2. The molecule has 3 amide bonds. The Bertz CT molecular complexity index is 907. The molecule has 0 aromatic heterocycles. The van der Waals surface area contributed by atoms with Gasteiger partial charge in [0.15, 0.2) is 0 Å². The third kappa shape index (κ3) is 12.9. The van der Waals surface area contributed by atoms with Crippen LogP contribution in [0, 0.1) is 19.8 Å². The lowest BCUT2D eigenvalue weighted by atomic mass is 9.94. The highest BCUT2D eigenvalue weighted by Crippen LogP contribution is 2.28. The van der Waals surface area contributed by atoms with E-state index in [9.17, 15) is 14.4 Å². The van der Waals surface area contributed by atoms with E-state index in [1.807, 2.05) is 45.9 Å². The molecule has 7 heteroatoms. The molecule has 0 aliphatic rings. The summed E-state index contributed by atoms with van der Waals surface area (Å²) < 4.78 is 5.50. The summed E-state index contributed by atoms with van der Waals surface area (Å²) in [5, 5.41) is 5.94. The van der Waals surface area contributed by atoms with E-state index in [4.69, 9.17) is 4.74 Å². The first-order valence-corrected chi connectivity index (χ1v) is 15.0. The van der Waals surface area contributed by atoms with Gasteiger partial charge < -0.3 is 20.3 Å². The number of hydrogen-bond acceptors (Lipinski definition) is 4. The average molecular weight is 546 g/mol. The lowest BCUT2D eigenvalue weighted by Gasteiger charge is -2.35. The van der Waals surface area contributed by atoms with Crippen molar-refractivity contribution in [3.63, 3.8) is 0 Å². The van der Waals surface area contributed by atoms with Gasteiger partial charge in [-0.2, -0.15) is 0 Å². The normalized spacial score (nSPS) is 13.1. The third-order valence-electron chi connectivity index (χ3n) is 6.60. The number of amides is 3. The largest absolute Gasteiger partial charge is 0.444 e. The number of hydrogen-bond donors (Lipinski definition) is 2. The first-order valence-electron chi connectivity index (χ1n) is 15.0. The third-order valence-corrected chi connectivity index (χ3v) is 6.60. The number of nitrogens with one attached hydrogen (secondary N) is 2. The van der Waals surface area contributed by atoms with E-state index in [2.05, 4.69) is 24.5 Å². The fraction of sp³-hybridized carbons (Fsp3) is 0.719. The van der Waals surface area contributed by atoms with Gasteiger partial charge in [-0.15, -0.1) is 0 Å². The minimum atomic E-state index is -0.800. The Morgan fingerprint density at radius 3 is 2.18 bits per heavy atom. The highest BCUT2D eigenvalue weighted by atomic mass is 16.6. The van der Waals surface area contributed by atoms with Crippen molar-refractivity contribution in [2.45, 2.75) is 131 Å². The van der Waals surface area contributed by atoms with E-state index in [1.165, 1.54) is 0 Å². The Morgan fingerprint density at radius 1 is 0.949 bits per heavy atom. The number of alkyl carbamates (subject to hydrolysis) is 1. The molecule has 1 aromatic rings. The van der Waals surface area contributed by atoms with Crippen molar-refractivity contribution < 1.29 is 19.1 Å². The minimum absolute atomic E-state index is 0.151. The van der Waals surface area contributed by atoms with Gasteiger partial charge in [0.1, 0.15) is 17.7 Å². The van der Waals surface area contributed by atoms with E-state index in [1.54, 1.807) is 25.7 Å². The molecule has 0 saturated heterocycles. The molecule has 0 radical (unpaired) electrons. The van der Waals surface area contributed by atoms with Crippen LogP contribution < -0.4 is 10.6 Å². The van der Waals surface area contributed by atoms with Gasteiger partial charge in [0, 0.05) is 13.1 Å². The summed E-state index contributed by atoms with van der Waals surface area (Å²) >= 11 is 0. The van der Waals surface area contributed by atoms with E-state index in [0.29, 0.717) is 19.5 Å². The molecule has 2 atom stereocenters. The van der Waals surface area contributed by atoms with Crippen LogP contribution >= 0.6 is 0 Å². The first-order chi connectivity index (χ1) is 18.3. The number of rotatable bonds is 16. The quantitative estimate of drug-likeness (QED) is 0.219. The van der Waals surface area contributed by atoms with Crippen molar-refractivity contribution >= 4 is 17.9 Å². The van der Waals surface area contributed by atoms with Crippen LogP contribution in [0.2, 0.25) is 0 Å². The van der Waals surface area contributed by atoms with E-state index < -0.39 is 23.8 Å². The van der Waals surface area contributed by atoms with Crippen LogP contribution in [0.5, 0.6) is 0 Å². The maximum absolute atomic E-state index is 14.3. The molecule has 0 spiro atoms. The van der Waals surface area contributed by atoms with Crippen LogP contribution in [0.3, 0.4) is 0 Å². The number of carbonyl (C=O) groups is 3. The second-order valence-electron chi connectivity index (χ2n) is 12.2. The summed E-state index contributed by atoms with van der Waals surface area (Å²) in [6.45, 7) is 18.7. The van der Waals surface area contributed by atoms with Crippen LogP contribution in [0.25, 0.3) is 0 Å². The molecule has 2 unspecified atom stereocenters. The number of ether oxygens (including phenoxy) is 1. The van der Waals surface area contributed by atoms with Crippen molar-refractivity contribution in [3.8, 4) is 0 Å². The first kappa shape index (κ1) is 34.5. The second-order valence-corrected chi connectivity index (χ2v) is 12.2. The monoisotopic (exact) mass is 545 g/mol. The summed E-state index contributed by atoms with van der Waals surface area (Å²) in [5.74, 6) is -0.275. The van der Waals surface area contributed by atoms with Crippen LogP contribution in [0.15, 0.2) is 18.2 Å². The van der Waals surface area contributed by atoms with Crippen molar-refractivity contribution in [2.24, 2.45) is 5.92 Å². The molecule has 2 N–H and O–H groups in total. The topological polar surface area (TPSA) is 87.7 Å². The molecule has 0 fully saturated rings. The highest BCUT2D eigenvalue weighted by Gasteiger charge is 2.37. The van der Waals surface area contributed by atoms with Gasteiger partial charge in [0.05, 0.1) is 0 Å². The highest BCUT2D eigenvalue weighted by molar-refractivity contribution is 5.92. The standard InChI is InChI=1S/C32H55N3O4/c1-10-12-14-16-20-35(30(37)27(21-23(3)4)34-31(38)39-32(7,8)9)28(29(36)33-19-15-13-11-2)26-22-24(5)17-18-25(26)6/h17-18,22-23,27-28H,10-16,19-21H2,1-9H3,(H,33,36)(H,34,38). The van der Waals surface area contributed by atoms with Gasteiger partial charge in [-0.05, 0) is 70.9 Å². The lowest BCUT2D eigenvalue weighted by molar-refractivity contribution is -0.143. The van der Waals surface area contributed by atoms with Gasteiger partial charge in [-0.25, -0.2) is 4.79 Å². The van der Waals surface area contributed by atoms with Gasteiger partial charge in [0.25, 0.3) is 0 Å². The van der Waals surface area contributed by atoms with E-state index in [0.717, 1.165) is 61.6 Å². The molecule has 0 aliphatic heterocycles. The van der Waals surface area contributed by atoms with Gasteiger partial charge in [-0.1, -0.05) is 83.6 Å². The smallest absolute Gasteiger partial charge is 0.408 e. The Morgan fingerprint density at radius 2 is 1.59 bits per heavy atom. The zero-order valence-electron chi connectivity index (χ0n) is 26.1. The summed E-state index contributed by atoms with van der Waals surface area (Å²) in [7, 11) is 0. The summed E-state index contributed by atoms with van der Waals surface area (Å²) in [5.41, 5.74) is 2.13. The molecule has 0 bridgehead atoms. The lowest BCUT2D eigenvalue weighted by Crippen LogP contribution is -2.53. The van der Waals surface area contributed by atoms with E-state index in [-0.39, 0.29) is 17.7 Å². The molecule has 0 aliphatic carbocycles. The number of unbranched alkanes of at least 4 members (excludes halogenated alkanes) is 5. The molecule has 7 nitrogen and oxygen atoms in total. The summed E-state index contributed by atoms with van der Waals surface area (Å²) in [6, 6.07) is 4.46. The van der Waals surface area contributed by atoms with Crippen LogP contribution in [-0.4, -0.2) is 47.5 Å². The average Bonchev–Trinajstić information content (AvgIpc) is 2.83. The molecule has 1 aromatic carbocycles. The summed E-state index contributed by atoms with van der Waals surface area (Å²) in [4.78, 5) is 42.6. The predicted octanol–water partition coefficient (Wildman–Crippen LogP) is 7.00. The number of carbonyl (C=O) groups excluding carboxylic acids is 3. The number of benzene rings is 1. The molecule has 1 rings (SSSR count). The SMILES string of the molecule is CCCCCCN(C(=O)C(CC(C)C)NC(=O)OC(C)(C)C)C(C(=O)NCCCCC)c1cc(C)ccc1C. The molecular weight excluding hydrogens is 490 g/mol. The molecule has 222 valence electrons. The van der Waals surface area contributed by atoms with Crippen molar-refractivity contribution in [3.05, 3.63) is 34.9 Å². The van der Waals surface area contributed by atoms with Gasteiger partial charge >= 0.3 is 6.09 Å². The Balaban J connectivity index is 3.51. The zero-order valence-corrected chi connectivity index (χ0v) is 26.1. The number of aryl methyl sites for hydroxylation is 2. The van der Waals surface area contributed by atoms with Crippen LogP contribution in [-0.2, 0) is 14.3 Å². The van der Waals surface area contributed by atoms with Gasteiger partial charge in [-0.3, -0.25) is 9.59 Å². The predicted molar refractivity (Wildman–Crippen MR) is 160 cm³/mol. The fourth-order valence-corrected chi connectivity index (χ4v) is 4.61. The minimum Gasteiger partial charge on any atom is -0.444 e. The van der Waals surface area contributed by atoms with Crippen LogP contribution in [0.4, 0.5) is 4.79 Å². The molecule has 0 saturated carbocycles. The van der Waals surface area contributed by atoms with Crippen LogP contribution in [0.1, 0.15) is 123 Å². The van der Waals surface area contributed by atoms with Crippen molar-refractivity contribution in [1.29, 1.82) is 0 Å². The number of nitrogens with zero attached hydrogens (tertiary/aromatic N) is 1. The molecule has 39 heavy (non-hydrogen) atoms. The zero-order chi connectivity index (χ0) is 29.6. The molecule has 0 heterocycles. The maximum Gasteiger partial charge on any atom is 0.408 e. The fourth-order valence-electron chi connectivity index (χ4n) is 4.61. The van der Waals surface area contributed by atoms with Crippen molar-refractivity contribution in [2.75, 3.05) is 13.1 Å². The Labute approximate surface area is 237 Å². The Kier molecular flexibility index (Phi) is 15.2. The van der Waals surface area contributed by atoms with Crippen molar-refractivity contribution in [1.82, 2.24) is 15.5 Å². The summed E-state index contributed by atoms with van der Waals surface area (Å²) in [6.07, 6.45) is 6.68. The maximum atomic E-state index is 14.3.